The summed E-state index contributed by atoms with van der Waals surface area (Å²) in [6.07, 6.45) is 0. The highest BCUT2D eigenvalue weighted by molar-refractivity contribution is 7.17. The summed E-state index contributed by atoms with van der Waals surface area (Å²) in [6.45, 7) is 2.06. The summed E-state index contributed by atoms with van der Waals surface area (Å²) in [5.74, 6) is 0.531. The van der Waals surface area contributed by atoms with Crippen LogP contribution in [-0.2, 0) is 0 Å². The zero-order valence-electron chi connectivity index (χ0n) is 11.0. The van der Waals surface area contributed by atoms with Crippen molar-refractivity contribution in [1.29, 1.82) is 0 Å². The SMILES string of the molecule is Cc1cccc2c1nc(N)n2-c1ccc2sccc2c1. The first kappa shape index (κ1) is 11.5. The van der Waals surface area contributed by atoms with E-state index in [4.69, 9.17) is 5.73 Å². The summed E-state index contributed by atoms with van der Waals surface area (Å²) in [6, 6.07) is 14.7. The monoisotopic (exact) mass is 279 g/mol. The fourth-order valence-electron chi connectivity index (χ4n) is 2.62. The van der Waals surface area contributed by atoms with Crippen molar-refractivity contribution < 1.29 is 0 Å². The van der Waals surface area contributed by atoms with E-state index in [0.29, 0.717) is 5.95 Å². The van der Waals surface area contributed by atoms with Crippen molar-refractivity contribution in [1.82, 2.24) is 9.55 Å². The molecule has 0 saturated heterocycles. The van der Waals surface area contributed by atoms with E-state index in [1.54, 1.807) is 11.3 Å². The Balaban J connectivity index is 2.06. The van der Waals surface area contributed by atoms with Gasteiger partial charge in [0.1, 0.15) is 0 Å². The molecule has 0 spiro atoms. The van der Waals surface area contributed by atoms with Crippen LogP contribution in [0.4, 0.5) is 5.95 Å². The highest BCUT2D eigenvalue weighted by Crippen LogP contribution is 2.28. The molecule has 4 aromatic rings. The molecule has 0 aliphatic carbocycles. The van der Waals surface area contributed by atoms with Crippen molar-refractivity contribution in [3.63, 3.8) is 0 Å². The Morgan fingerprint density at radius 2 is 2.05 bits per heavy atom. The Morgan fingerprint density at radius 1 is 1.15 bits per heavy atom. The summed E-state index contributed by atoms with van der Waals surface area (Å²) >= 11 is 1.75. The van der Waals surface area contributed by atoms with E-state index >= 15 is 0 Å². The Hall–Kier alpha value is -2.33. The molecule has 2 aromatic carbocycles. The number of nitrogen functional groups attached to an aromatic ring is 1. The maximum Gasteiger partial charge on any atom is 0.205 e. The lowest BCUT2D eigenvalue weighted by molar-refractivity contribution is 1.11. The minimum atomic E-state index is 0.531. The topological polar surface area (TPSA) is 43.8 Å². The number of nitrogens with zero attached hydrogens (tertiary/aromatic N) is 2. The van der Waals surface area contributed by atoms with Gasteiger partial charge in [0.15, 0.2) is 0 Å². The molecule has 3 nitrogen and oxygen atoms in total. The molecule has 2 heterocycles. The number of nitrogens with two attached hydrogens (primary N) is 1. The predicted octanol–water partition coefficient (Wildman–Crippen LogP) is 4.13. The van der Waals surface area contributed by atoms with E-state index < -0.39 is 0 Å². The van der Waals surface area contributed by atoms with Gasteiger partial charge in [0.2, 0.25) is 5.95 Å². The normalized spacial score (nSPS) is 11.4. The largest absolute Gasteiger partial charge is 0.369 e. The summed E-state index contributed by atoms with van der Waals surface area (Å²) in [4.78, 5) is 4.50. The van der Waals surface area contributed by atoms with Crippen molar-refractivity contribution in [3.8, 4) is 5.69 Å². The lowest BCUT2D eigenvalue weighted by Crippen LogP contribution is -2.00. The van der Waals surface area contributed by atoms with Gasteiger partial charge < -0.3 is 5.73 Å². The quantitative estimate of drug-likeness (QED) is 0.569. The van der Waals surface area contributed by atoms with Crippen molar-refractivity contribution in [3.05, 3.63) is 53.4 Å². The molecular formula is C16H13N3S. The molecule has 2 aromatic heterocycles. The van der Waals surface area contributed by atoms with Crippen LogP contribution in [0.2, 0.25) is 0 Å². The third-order valence-corrected chi connectivity index (χ3v) is 4.50. The Labute approximate surface area is 120 Å². The molecule has 4 rings (SSSR count). The van der Waals surface area contributed by atoms with Gasteiger partial charge in [-0.3, -0.25) is 4.57 Å². The molecule has 0 unspecified atom stereocenters. The van der Waals surface area contributed by atoms with Crippen LogP contribution in [0.1, 0.15) is 5.56 Å². The number of anilines is 1. The van der Waals surface area contributed by atoms with Gasteiger partial charge in [-0.1, -0.05) is 12.1 Å². The molecule has 98 valence electrons. The number of benzene rings is 2. The minimum absolute atomic E-state index is 0.531. The van der Waals surface area contributed by atoms with Gasteiger partial charge in [0.05, 0.1) is 11.0 Å². The van der Waals surface area contributed by atoms with Gasteiger partial charge >= 0.3 is 0 Å². The zero-order valence-corrected chi connectivity index (χ0v) is 11.8. The fraction of sp³-hybridized carbons (Fsp3) is 0.0625. The Kier molecular flexibility index (Phi) is 2.35. The first-order chi connectivity index (χ1) is 9.74. The van der Waals surface area contributed by atoms with Crippen LogP contribution >= 0.6 is 11.3 Å². The molecular weight excluding hydrogens is 266 g/mol. The van der Waals surface area contributed by atoms with Crippen molar-refractivity contribution >= 4 is 38.4 Å². The van der Waals surface area contributed by atoms with Gasteiger partial charge in [-0.25, -0.2) is 4.98 Å². The maximum absolute atomic E-state index is 6.13. The molecule has 0 aliphatic heterocycles. The minimum Gasteiger partial charge on any atom is -0.369 e. The van der Waals surface area contributed by atoms with Gasteiger partial charge in [0, 0.05) is 10.4 Å². The molecule has 4 heteroatoms. The first-order valence-electron chi connectivity index (χ1n) is 6.45. The number of fused-ring (bicyclic) bond motifs is 2. The van der Waals surface area contributed by atoms with Crippen molar-refractivity contribution in [2.45, 2.75) is 6.92 Å². The molecule has 2 N–H and O–H groups in total. The summed E-state index contributed by atoms with van der Waals surface area (Å²) < 4.78 is 3.30. The van der Waals surface area contributed by atoms with Crippen LogP contribution < -0.4 is 5.73 Å². The average Bonchev–Trinajstić information content (AvgIpc) is 3.02. The van der Waals surface area contributed by atoms with E-state index in [2.05, 4.69) is 53.7 Å². The molecule has 0 fully saturated rings. The Morgan fingerprint density at radius 3 is 2.95 bits per heavy atom. The number of hydrogen-bond donors (Lipinski definition) is 1. The van der Waals surface area contributed by atoms with Crippen LogP contribution in [0.5, 0.6) is 0 Å². The van der Waals surface area contributed by atoms with Gasteiger partial charge in [-0.05, 0) is 53.6 Å². The van der Waals surface area contributed by atoms with E-state index in [9.17, 15) is 0 Å². The lowest BCUT2D eigenvalue weighted by atomic mass is 10.2. The molecule has 0 aliphatic rings. The first-order valence-corrected chi connectivity index (χ1v) is 7.33. The van der Waals surface area contributed by atoms with Gasteiger partial charge in [-0.2, -0.15) is 0 Å². The number of imidazole rings is 1. The predicted molar refractivity (Wildman–Crippen MR) is 85.6 cm³/mol. The second-order valence-electron chi connectivity index (χ2n) is 4.89. The van der Waals surface area contributed by atoms with Gasteiger partial charge in [-0.15, -0.1) is 11.3 Å². The summed E-state index contributed by atoms with van der Waals surface area (Å²) in [5, 5.41) is 3.34. The number of rotatable bonds is 1. The van der Waals surface area contributed by atoms with E-state index in [1.165, 1.54) is 10.1 Å². The van der Waals surface area contributed by atoms with Crippen LogP contribution in [0.25, 0.3) is 26.8 Å². The fourth-order valence-corrected chi connectivity index (χ4v) is 3.39. The molecule has 0 saturated carbocycles. The second-order valence-corrected chi connectivity index (χ2v) is 5.84. The van der Waals surface area contributed by atoms with Gasteiger partial charge in [0.25, 0.3) is 0 Å². The lowest BCUT2D eigenvalue weighted by Gasteiger charge is -2.07. The van der Waals surface area contributed by atoms with Crippen LogP contribution in [0.15, 0.2) is 47.8 Å². The molecule has 0 bridgehead atoms. The van der Waals surface area contributed by atoms with E-state index in [1.807, 2.05) is 10.6 Å². The third-order valence-electron chi connectivity index (χ3n) is 3.61. The van der Waals surface area contributed by atoms with E-state index in [-0.39, 0.29) is 0 Å². The molecule has 0 amide bonds. The summed E-state index contributed by atoms with van der Waals surface area (Å²) in [5.41, 5.74) is 10.3. The van der Waals surface area contributed by atoms with Crippen LogP contribution in [0.3, 0.4) is 0 Å². The summed E-state index contributed by atoms with van der Waals surface area (Å²) in [7, 11) is 0. The average molecular weight is 279 g/mol. The number of para-hydroxylation sites is 1. The maximum atomic E-state index is 6.13. The Bertz CT molecular complexity index is 933. The second kappa shape index (κ2) is 4.08. The molecule has 0 atom stereocenters. The smallest absolute Gasteiger partial charge is 0.205 e. The standard InChI is InChI=1S/C16H13N3S/c1-10-3-2-4-13-15(10)18-16(17)19(13)12-5-6-14-11(9-12)7-8-20-14/h2-9H,1H3,(H2,17,18). The highest BCUT2D eigenvalue weighted by Gasteiger charge is 2.11. The zero-order chi connectivity index (χ0) is 13.7. The number of aryl methyl sites for hydroxylation is 1. The number of hydrogen-bond acceptors (Lipinski definition) is 3. The van der Waals surface area contributed by atoms with Crippen molar-refractivity contribution in [2.75, 3.05) is 5.73 Å². The third kappa shape index (κ3) is 1.55. The van der Waals surface area contributed by atoms with Crippen LogP contribution in [0, 0.1) is 6.92 Å². The van der Waals surface area contributed by atoms with E-state index in [0.717, 1.165) is 22.3 Å². The number of thiophene rings is 1. The van der Waals surface area contributed by atoms with Crippen molar-refractivity contribution in [2.24, 2.45) is 0 Å². The van der Waals surface area contributed by atoms with Crippen LogP contribution in [-0.4, -0.2) is 9.55 Å². The molecule has 20 heavy (non-hydrogen) atoms. The number of aromatic nitrogens is 2. The molecule has 0 radical (unpaired) electrons. The highest BCUT2D eigenvalue weighted by atomic mass is 32.1.